The average molecular weight is 358 g/mol. The molecule has 0 spiro atoms. The first-order valence-electron chi connectivity index (χ1n) is 7.22. The number of carbonyl (C=O) groups is 1. The van der Waals surface area contributed by atoms with Crippen molar-refractivity contribution in [2.24, 2.45) is 0 Å². The summed E-state index contributed by atoms with van der Waals surface area (Å²) in [5, 5.41) is 3.37. The Balaban J connectivity index is 1.69. The number of hydrogen-bond acceptors (Lipinski definition) is 2. The standard InChI is InChI=1S/C19H13Cl2NO2/c20-15-7-4-8-16(19(15)21)22-18(23)12-10-14-9-11-17(24-14)13-5-2-1-3-6-13/h1-12H,(H,22,23)/b12-10+. The van der Waals surface area contributed by atoms with Crippen LogP contribution in [0, 0.1) is 0 Å². The second-order valence-electron chi connectivity index (χ2n) is 4.99. The zero-order valence-electron chi connectivity index (χ0n) is 12.5. The Morgan fingerprint density at radius 2 is 1.75 bits per heavy atom. The lowest BCUT2D eigenvalue weighted by molar-refractivity contribution is -0.111. The molecule has 1 heterocycles. The van der Waals surface area contributed by atoms with Gasteiger partial charge in [0.15, 0.2) is 0 Å². The normalized spacial score (nSPS) is 10.9. The highest BCUT2D eigenvalue weighted by Gasteiger charge is 2.07. The largest absolute Gasteiger partial charge is 0.457 e. The Bertz CT molecular complexity index is 885. The van der Waals surface area contributed by atoms with Gasteiger partial charge in [0.1, 0.15) is 11.5 Å². The topological polar surface area (TPSA) is 42.2 Å². The summed E-state index contributed by atoms with van der Waals surface area (Å²) >= 11 is 12.0. The van der Waals surface area contributed by atoms with E-state index in [-0.39, 0.29) is 5.91 Å². The molecule has 0 aliphatic heterocycles. The first kappa shape index (κ1) is 16.4. The zero-order chi connectivity index (χ0) is 16.9. The number of rotatable bonds is 4. The smallest absolute Gasteiger partial charge is 0.248 e. The van der Waals surface area contributed by atoms with Gasteiger partial charge in [0.05, 0.1) is 15.7 Å². The van der Waals surface area contributed by atoms with Crippen LogP contribution in [-0.4, -0.2) is 5.91 Å². The monoisotopic (exact) mass is 357 g/mol. The fraction of sp³-hybridized carbons (Fsp3) is 0. The third-order valence-corrected chi connectivity index (χ3v) is 4.11. The van der Waals surface area contributed by atoms with Gasteiger partial charge in [-0.2, -0.15) is 0 Å². The quantitative estimate of drug-likeness (QED) is 0.590. The van der Waals surface area contributed by atoms with Crippen molar-refractivity contribution in [1.29, 1.82) is 0 Å². The highest BCUT2D eigenvalue weighted by atomic mass is 35.5. The third-order valence-electron chi connectivity index (χ3n) is 3.29. The summed E-state index contributed by atoms with van der Waals surface area (Å²) in [6.45, 7) is 0. The minimum Gasteiger partial charge on any atom is -0.457 e. The summed E-state index contributed by atoms with van der Waals surface area (Å²) in [6, 6.07) is 18.5. The van der Waals surface area contributed by atoms with Crippen LogP contribution >= 0.6 is 23.2 Å². The average Bonchev–Trinajstić information content (AvgIpc) is 3.07. The minimum atomic E-state index is -0.322. The molecule has 0 aliphatic carbocycles. The van der Waals surface area contributed by atoms with Crippen LogP contribution < -0.4 is 5.32 Å². The first-order valence-corrected chi connectivity index (χ1v) is 7.97. The first-order chi connectivity index (χ1) is 11.6. The van der Waals surface area contributed by atoms with Crippen molar-refractivity contribution >= 4 is 40.9 Å². The summed E-state index contributed by atoms with van der Waals surface area (Å²) in [5.74, 6) is 1.01. The maximum atomic E-state index is 12.0. The molecular weight excluding hydrogens is 345 g/mol. The molecule has 0 saturated carbocycles. The molecule has 0 aliphatic rings. The van der Waals surface area contributed by atoms with Gasteiger partial charge in [0, 0.05) is 11.6 Å². The van der Waals surface area contributed by atoms with Crippen molar-refractivity contribution in [2.45, 2.75) is 0 Å². The highest BCUT2D eigenvalue weighted by molar-refractivity contribution is 6.44. The van der Waals surface area contributed by atoms with Crippen molar-refractivity contribution < 1.29 is 9.21 Å². The number of carbonyl (C=O) groups excluding carboxylic acids is 1. The molecule has 0 bridgehead atoms. The van der Waals surface area contributed by atoms with Crippen LogP contribution in [0.5, 0.6) is 0 Å². The molecule has 1 amide bonds. The Kier molecular flexibility index (Phi) is 5.04. The molecule has 0 unspecified atom stereocenters. The van der Waals surface area contributed by atoms with E-state index in [1.807, 2.05) is 36.4 Å². The van der Waals surface area contributed by atoms with Gasteiger partial charge >= 0.3 is 0 Å². The number of anilines is 1. The lowest BCUT2D eigenvalue weighted by atomic mass is 10.2. The van der Waals surface area contributed by atoms with E-state index in [1.54, 1.807) is 30.3 Å². The van der Waals surface area contributed by atoms with Gasteiger partial charge in [0.25, 0.3) is 0 Å². The van der Waals surface area contributed by atoms with Crippen LogP contribution in [0.15, 0.2) is 71.2 Å². The van der Waals surface area contributed by atoms with Gasteiger partial charge < -0.3 is 9.73 Å². The number of benzene rings is 2. The predicted octanol–water partition coefficient (Wildman–Crippen LogP) is 5.91. The third kappa shape index (κ3) is 3.88. The molecule has 0 fully saturated rings. The lowest BCUT2D eigenvalue weighted by Gasteiger charge is -2.05. The lowest BCUT2D eigenvalue weighted by Crippen LogP contribution is -2.08. The van der Waals surface area contributed by atoms with Crippen LogP contribution in [-0.2, 0) is 4.79 Å². The maximum absolute atomic E-state index is 12.0. The van der Waals surface area contributed by atoms with Crippen LogP contribution in [0.25, 0.3) is 17.4 Å². The summed E-state index contributed by atoms with van der Waals surface area (Å²) in [5.41, 5.74) is 1.44. The molecule has 3 aromatic rings. The van der Waals surface area contributed by atoms with E-state index in [0.29, 0.717) is 21.5 Å². The van der Waals surface area contributed by atoms with E-state index in [1.165, 1.54) is 6.08 Å². The summed E-state index contributed by atoms with van der Waals surface area (Å²) < 4.78 is 5.70. The SMILES string of the molecule is O=C(/C=C/c1ccc(-c2ccccc2)o1)Nc1cccc(Cl)c1Cl. The van der Waals surface area contributed by atoms with Crippen LogP contribution in [0.4, 0.5) is 5.69 Å². The van der Waals surface area contributed by atoms with E-state index in [4.69, 9.17) is 27.6 Å². The molecule has 1 N–H and O–H groups in total. The second kappa shape index (κ2) is 7.39. The van der Waals surface area contributed by atoms with E-state index in [9.17, 15) is 4.79 Å². The molecule has 5 heteroatoms. The van der Waals surface area contributed by atoms with Gasteiger partial charge in [-0.1, -0.05) is 59.6 Å². The van der Waals surface area contributed by atoms with Crippen molar-refractivity contribution in [3.05, 3.63) is 82.5 Å². The Labute approximate surface area is 149 Å². The van der Waals surface area contributed by atoms with Crippen molar-refractivity contribution in [3.8, 4) is 11.3 Å². The fourth-order valence-electron chi connectivity index (χ4n) is 2.13. The van der Waals surface area contributed by atoms with Gasteiger partial charge in [-0.3, -0.25) is 4.79 Å². The van der Waals surface area contributed by atoms with E-state index >= 15 is 0 Å². The Morgan fingerprint density at radius 1 is 0.958 bits per heavy atom. The molecule has 120 valence electrons. The highest BCUT2D eigenvalue weighted by Crippen LogP contribution is 2.29. The van der Waals surface area contributed by atoms with Crippen LogP contribution in [0.3, 0.4) is 0 Å². The fourth-order valence-corrected chi connectivity index (χ4v) is 2.48. The summed E-state index contributed by atoms with van der Waals surface area (Å²) in [7, 11) is 0. The molecule has 24 heavy (non-hydrogen) atoms. The van der Waals surface area contributed by atoms with Gasteiger partial charge in [-0.25, -0.2) is 0 Å². The molecule has 2 aromatic carbocycles. The molecule has 3 rings (SSSR count). The van der Waals surface area contributed by atoms with Crippen molar-refractivity contribution in [2.75, 3.05) is 5.32 Å². The van der Waals surface area contributed by atoms with Crippen molar-refractivity contribution in [3.63, 3.8) is 0 Å². The molecule has 3 nitrogen and oxygen atoms in total. The summed E-state index contributed by atoms with van der Waals surface area (Å²) in [6.07, 6.45) is 2.98. The van der Waals surface area contributed by atoms with E-state index in [0.717, 1.165) is 11.3 Å². The van der Waals surface area contributed by atoms with Gasteiger partial charge in [-0.05, 0) is 30.3 Å². The minimum absolute atomic E-state index is 0.310. The number of furan rings is 1. The number of halogens is 2. The van der Waals surface area contributed by atoms with Crippen molar-refractivity contribution in [1.82, 2.24) is 0 Å². The molecule has 0 saturated heterocycles. The summed E-state index contributed by atoms with van der Waals surface area (Å²) in [4.78, 5) is 12.0. The zero-order valence-corrected chi connectivity index (χ0v) is 14.0. The number of amides is 1. The number of nitrogens with one attached hydrogen (secondary N) is 1. The predicted molar refractivity (Wildman–Crippen MR) is 98.3 cm³/mol. The second-order valence-corrected chi connectivity index (χ2v) is 5.78. The van der Waals surface area contributed by atoms with Gasteiger partial charge in [0.2, 0.25) is 5.91 Å². The van der Waals surface area contributed by atoms with Gasteiger partial charge in [-0.15, -0.1) is 0 Å². The van der Waals surface area contributed by atoms with Crippen LogP contribution in [0.1, 0.15) is 5.76 Å². The molecule has 0 radical (unpaired) electrons. The molecule has 0 atom stereocenters. The molecule has 1 aromatic heterocycles. The van der Waals surface area contributed by atoms with E-state index < -0.39 is 0 Å². The Hall–Kier alpha value is -2.49. The van der Waals surface area contributed by atoms with E-state index in [2.05, 4.69) is 5.32 Å². The molecular formula is C19H13Cl2NO2. The maximum Gasteiger partial charge on any atom is 0.248 e. The Morgan fingerprint density at radius 3 is 2.54 bits per heavy atom. The number of hydrogen-bond donors (Lipinski definition) is 1. The van der Waals surface area contributed by atoms with Crippen LogP contribution in [0.2, 0.25) is 10.0 Å².